The summed E-state index contributed by atoms with van der Waals surface area (Å²) in [5.41, 5.74) is 1.01. The summed E-state index contributed by atoms with van der Waals surface area (Å²) in [5, 5.41) is 3.16. The van der Waals surface area contributed by atoms with Crippen molar-refractivity contribution in [2.45, 2.75) is 52.0 Å². The van der Waals surface area contributed by atoms with Crippen molar-refractivity contribution in [2.75, 3.05) is 13.7 Å². The number of hydrogen-bond donors (Lipinski definition) is 1. The molecule has 1 aromatic carbocycles. The summed E-state index contributed by atoms with van der Waals surface area (Å²) < 4.78 is 19.0. The van der Waals surface area contributed by atoms with Crippen molar-refractivity contribution in [3.05, 3.63) is 29.6 Å². The second-order valence-corrected chi connectivity index (χ2v) is 4.96. The maximum Gasteiger partial charge on any atom is 0.126 e. The van der Waals surface area contributed by atoms with Gasteiger partial charge in [0.05, 0.1) is 6.61 Å². The number of hydrogen-bond acceptors (Lipinski definition) is 2. The van der Waals surface area contributed by atoms with E-state index in [1.54, 1.807) is 6.07 Å². The van der Waals surface area contributed by atoms with Crippen molar-refractivity contribution >= 4 is 0 Å². The van der Waals surface area contributed by atoms with E-state index in [2.05, 4.69) is 12.2 Å². The Morgan fingerprint density at radius 1 is 1.21 bits per heavy atom. The third-order valence-corrected chi connectivity index (χ3v) is 3.38. The zero-order valence-electron chi connectivity index (χ0n) is 12.3. The van der Waals surface area contributed by atoms with Crippen LogP contribution in [0.1, 0.15) is 57.6 Å². The first-order valence-corrected chi connectivity index (χ1v) is 7.28. The Morgan fingerprint density at radius 2 is 1.95 bits per heavy atom. The molecule has 0 saturated heterocycles. The molecule has 1 atom stereocenters. The molecule has 1 N–H and O–H groups in total. The molecule has 0 amide bonds. The fraction of sp³-hybridized carbons (Fsp3) is 0.625. The van der Waals surface area contributed by atoms with E-state index in [0.29, 0.717) is 12.4 Å². The van der Waals surface area contributed by atoms with Crippen LogP contribution in [0.5, 0.6) is 5.75 Å². The summed E-state index contributed by atoms with van der Waals surface area (Å²) in [6, 6.07) is 4.92. The lowest BCUT2D eigenvalue weighted by molar-refractivity contribution is 0.297. The van der Waals surface area contributed by atoms with E-state index in [4.69, 9.17) is 4.74 Å². The van der Waals surface area contributed by atoms with Crippen LogP contribution in [0.2, 0.25) is 0 Å². The lowest BCUT2D eigenvalue weighted by Gasteiger charge is -2.16. The lowest BCUT2D eigenvalue weighted by Crippen LogP contribution is -2.14. The van der Waals surface area contributed by atoms with E-state index in [1.165, 1.54) is 37.8 Å². The van der Waals surface area contributed by atoms with Crippen LogP contribution in [0.4, 0.5) is 4.39 Å². The third kappa shape index (κ3) is 5.60. The summed E-state index contributed by atoms with van der Waals surface area (Å²) in [6.45, 7) is 4.91. The van der Waals surface area contributed by atoms with Crippen LogP contribution in [-0.2, 0) is 0 Å². The molecule has 0 aliphatic rings. The Bertz CT molecular complexity index is 368. The first-order chi connectivity index (χ1) is 9.19. The molecule has 0 aromatic heterocycles. The Labute approximate surface area is 116 Å². The van der Waals surface area contributed by atoms with Crippen LogP contribution in [0.25, 0.3) is 0 Å². The molecule has 1 unspecified atom stereocenters. The number of unbranched alkanes of at least 4 members (excludes halogenated alkanes) is 4. The largest absolute Gasteiger partial charge is 0.493 e. The smallest absolute Gasteiger partial charge is 0.126 e. The average Bonchev–Trinajstić information content (AvgIpc) is 2.42. The Kier molecular flexibility index (Phi) is 7.49. The fourth-order valence-corrected chi connectivity index (χ4v) is 2.03. The molecule has 1 aromatic rings. The van der Waals surface area contributed by atoms with Gasteiger partial charge in [-0.2, -0.15) is 0 Å². The maximum atomic E-state index is 13.3. The summed E-state index contributed by atoms with van der Waals surface area (Å²) in [4.78, 5) is 0. The Morgan fingerprint density at radius 3 is 2.63 bits per heavy atom. The van der Waals surface area contributed by atoms with E-state index in [-0.39, 0.29) is 11.9 Å². The molecule has 0 fully saturated rings. The van der Waals surface area contributed by atoms with Crippen LogP contribution >= 0.6 is 0 Å². The molecule has 0 aliphatic carbocycles. The fourth-order valence-electron chi connectivity index (χ4n) is 2.03. The van der Waals surface area contributed by atoms with Crippen molar-refractivity contribution in [3.63, 3.8) is 0 Å². The summed E-state index contributed by atoms with van der Waals surface area (Å²) in [7, 11) is 1.89. The van der Waals surface area contributed by atoms with Gasteiger partial charge >= 0.3 is 0 Å². The van der Waals surface area contributed by atoms with Gasteiger partial charge in [0.2, 0.25) is 0 Å². The van der Waals surface area contributed by atoms with Crippen LogP contribution in [0.15, 0.2) is 18.2 Å². The van der Waals surface area contributed by atoms with Crippen LogP contribution in [0, 0.1) is 5.82 Å². The van der Waals surface area contributed by atoms with Gasteiger partial charge in [-0.05, 0) is 26.5 Å². The minimum Gasteiger partial charge on any atom is -0.493 e. The second kappa shape index (κ2) is 8.92. The van der Waals surface area contributed by atoms with E-state index in [9.17, 15) is 4.39 Å². The molecule has 0 aliphatic heterocycles. The van der Waals surface area contributed by atoms with Crippen LogP contribution in [0.3, 0.4) is 0 Å². The van der Waals surface area contributed by atoms with Gasteiger partial charge in [0.1, 0.15) is 11.6 Å². The van der Waals surface area contributed by atoms with E-state index >= 15 is 0 Å². The standard InChI is InChI=1S/C16H26FNO/c1-4-5-6-7-8-11-19-16-12-14(17)9-10-15(16)13(2)18-3/h9-10,12-13,18H,4-8,11H2,1-3H3. The first-order valence-electron chi connectivity index (χ1n) is 7.28. The number of benzene rings is 1. The topological polar surface area (TPSA) is 21.3 Å². The Hall–Kier alpha value is -1.09. The normalized spacial score (nSPS) is 12.4. The molecular formula is C16H26FNO. The zero-order chi connectivity index (χ0) is 14.1. The molecule has 0 radical (unpaired) electrons. The predicted molar refractivity (Wildman–Crippen MR) is 78.1 cm³/mol. The van der Waals surface area contributed by atoms with E-state index in [1.807, 2.05) is 14.0 Å². The first kappa shape index (κ1) is 16.0. The molecule has 108 valence electrons. The van der Waals surface area contributed by atoms with Gasteiger partial charge in [-0.3, -0.25) is 0 Å². The SMILES string of the molecule is CCCCCCCOc1cc(F)ccc1C(C)NC. The summed E-state index contributed by atoms with van der Waals surface area (Å²) in [6.07, 6.45) is 5.99. The lowest BCUT2D eigenvalue weighted by atomic mass is 10.1. The molecule has 2 nitrogen and oxygen atoms in total. The highest BCUT2D eigenvalue weighted by atomic mass is 19.1. The molecule has 0 saturated carbocycles. The van der Waals surface area contributed by atoms with Crippen LogP contribution in [-0.4, -0.2) is 13.7 Å². The van der Waals surface area contributed by atoms with Crippen molar-refractivity contribution in [3.8, 4) is 5.75 Å². The highest BCUT2D eigenvalue weighted by Crippen LogP contribution is 2.26. The summed E-state index contributed by atoms with van der Waals surface area (Å²) in [5.74, 6) is 0.422. The van der Waals surface area contributed by atoms with Crippen molar-refractivity contribution in [1.82, 2.24) is 5.32 Å². The van der Waals surface area contributed by atoms with Crippen molar-refractivity contribution < 1.29 is 9.13 Å². The van der Waals surface area contributed by atoms with Crippen LogP contribution < -0.4 is 10.1 Å². The molecule has 1 rings (SSSR count). The number of rotatable bonds is 9. The Balaban J connectivity index is 2.49. The minimum absolute atomic E-state index is 0.163. The van der Waals surface area contributed by atoms with Crippen molar-refractivity contribution in [2.24, 2.45) is 0 Å². The van der Waals surface area contributed by atoms with Gasteiger partial charge in [-0.1, -0.05) is 38.7 Å². The molecule has 19 heavy (non-hydrogen) atoms. The van der Waals surface area contributed by atoms with Gasteiger partial charge in [0, 0.05) is 17.7 Å². The zero-order valence-corrected chi connectivity index (χ0v) is 12.3. The van der Waals surface area contributed by atoms with Gasteiger partial charge < -0.3 is 10.1 Å². The number of halogens is 1. The maximum absolute atomic E-state index is 13.3. The predicted octanol–water partition coefficient (Wildman–Crippen LogP) is 4.46. The number of ether oxygens (including phenoxy) is 1. The van der Waals surface area contributed by atoms with Gasteiger partial charge in [-0.15, -0.1) is 0 Å². The van der Waals surface area contributed by atoms with Gasteiger partial charge in [-0.25, -0.2) is 4.39 Å². The highest BCUT2D eigenvalue weighted by Gasteiger charge is 2.11. The summed E-state index contributed by atoms with van der Waals surface area (Å²) >= 11 is 0. The average molecular weight is 267 g/mol. The molecule has 0 heterocycles. The highest BCUT2D eigenvalue weighted by molar-refractivity contribution is 5.36. The second-order valence-electron chi connectivity index (χ2n) is 4.96. The number of nitrogens with one attached hydrogen (secondary N) is 1. The molecule has 3 heteroatoms. The van der Waals surface area contributed by atoms with Gasteiger partial charge in [0.25, 0.3) is 0 Å². The molecule has 0 spiro atoms. The van der Waals surface area contributed by atoms with Crippen molar-refractivity contribution in [1.29, 1.82) is 0 Å². The molecular weight excluding hydrogens is 241 g/mol. The third-order valence-electron chi connectivity index (χ3n) is 3.38. The van der Waals surface area contributed by atoms with E-state index in [0.717, 1.165) is 12.0 Å². The van der Waals surface area contributed by atoms with Gasteiger partial charge in [0.15, 0.2) is 0 Å². The quantitative estimate of drug-likeness (QED) is 0.667. The molecule has 0 bridgehead atoms. The minimum atomic E-state index is -0.243. The van der Waals surface area contributed by atoms with E-state index < -0.39 is 0 Å². The monoisotopic (exact) mass is 267 g/mol.